The fourth-order valence-electron chi connectivity index (χ4n) is 2.56. The second kappa shape index (κ2) is 6.29. The standard InChI is InChI=1S/C17H20N2O3S/c1-17(10-20,12-5-6-12)19-15(21)14-9-23-16(18-14)11-3-7-13(22-2)8-4-11/h3-4,7-9,12,20H,5-6,10H2,1-2H3,(H,19,21). The molecule has 1 atom stereocenters. The van der Waals surface area contributed by atoms with Crippen LogP contribution < -0.4 is 10.1 Å². The number of benzene rings is 1. The van der Waals surface area contributed by atoms with Crippen molar-refractivity contribution in [3.63, 3.8) is 0 Å². The number of aliphatic hydroxyl groups excluding tert-OH is 1. The molecule has 0 aliphatic heterocycles. The van der Waals surface area contributed by atoms with Gasteiger partial charge in [-0.05, 0) is 49.9 Å². The van der Waals surface area contributed by atoms with Gasteiger partial charge >= 0.3 is 0 Å². The SMILES string of the molecule is COc1ccc(-c2nc(C(=O)NC(C)(CO)C3CC3)cs2)cc1. The van der Waals surface area contributed by atoms with E-state index in [0.717, 1.165) is 29.2 Å². The number of hydrogen-bond donors (Lipinski definition) is 2. The molecule has 1 unspecified atom stereocenters. The predicted octanol–water partition coefficient (Wildman–Crippen LogP) is 2.71. The van der Waals surface area contributed by atoms with Gasteiger partial charge in [-0.1, -0.05) is 0 Å². The van der Waals surface area contributed by atoms with Gasteiger partial charge in [0.1, 0.15) is 16.5 Å². The molecule has 1 heterocycles. The molecule has 1 fully saturated rings. The van der Waals surface area contributed by atoms with Gasteiger partial charge in [-0.3, -0.25) is 4.79 Å². The average molecular weight is 332 g/mol. The molecule has 0 bridgehead atoms. The van der Waals surface area contributed by atoms with E-state index in [-0.39, 0.29) is 12.5 Å². The number of aromatic nitrogens is 1. The van der Waals surface area contributed by atoms with Crippen molar-refractivity contribution in [2.75, 3.05) is 13.7 Å². The van der Waals surface area contributed by atoms with Crippen LogP contribution in [0.5, 0.6) is 5.75 Å². The van der Waals surface area contributed by atoms with Gasteiger partial charge in [-0.15, -0.1) is 11.3 Å². The van der Waals surface area contributed by atoms with Gasteiger partial charge in [0.25, 0.3) is 5.91 Å². The number of ether oxygens (including phenoxy) is 1. The Bertz CT molecular complexity index is 694. The number of nitrogens with one attached hydrogen (secondary N) is 1. The zero-order chi connectivity index (χ0) is 16.4. The number of aliphatic hydroxyl groups is 1. The molecular formula is C17H20N2O3S. The van der Waals surface area contributed by atoms with E-state index in [4.69, 9.17) is 4.74 Å². The number of rotatable bonds is 6. The summed E-state index contributed by atoms with van der Waals surface area (Å²) in [6, 6.07) is 7.57. The number of thiazole rings is 1. The van der Waals surface area contributed by atoms with Crippen LogP contribution >= 0.6 is 11.3 Å². The van der Waals surface area contributed by atoms with E-state index in [1.54, 1.807) is 12.5 Å². The lowest BCUT2D eigenvalue weighted by Crippen LogP contribution is -2.50. The van der Waals surface area contributed by atoms with E-state index in [0.29, 0.717) is 11.6 Å². The molecule has 1 aromatic heterocycles. The third-order valence-electron chi connectivity index (χ3n) is 4.28. The van der Waals surface area contributed by atoms with E-state index in [1.165, 1.54) is 11.3 Å². The maximum Gasteiger partial charge on any atom is 0.271 e. The Hall–Kier alpha value is -1.92. The maximum atomic E-state index is 12.4. The van der Waals surface area contributed by atoms with Crippen LogP contribution in [0.4, 0.5) is 0 Å². The molecule has 1 amide bonds. The first-order valence-corrected chi connectivity index (χ1v) is 8.47. The van der Waals surface area contributed by atoms with Crippen LogP contribution in [0.15, 0.2) is 29.6 Å². The molecule has 122 valence electrons. The molecule has 2 aromatic rings. The van der Waals surface area contributed by atoms with Gasteiger partial charge < -0.3 is 15.2 Å². The van der Waals surface area contributed by atoms with Crippen LogP contribution in [0.2, 0.25) is 0 Å². The van der Waals surface area contributed by atoms with E-state index in [1.807, 2.05) is 31.2 Å². The number of hydrogen-bond acceptors (Lipinski definition) is 5. The van der Waals surface area contributed by atoms with Crippen LogP contribution in [-0.2, 0) is 0 Å². The van der Waals surface area contributed by atoms with E-state index < -0.39 is 5.54 Å². The highest BCUT2D eigenvalue weighted by Gasteiger charge is 2.42. The van der Waals surface area contributed by atoms with Gasteiger partial charge in [0.2, 0.25) is 0 Å². The molecule has 23 heavy (non-hydrogen) atoms. The molecule has 1 aliphatic carbocycles. The van der Waals surface area contributed by atoms with Gasteiger partial charge in [0, 0.05) is 10.9 Å². The normalized spacial score (nSPS) is 16.7. The quantitative estimate of drug-likeness (QED) is 0.853. The lowest BCUT2D eigenvalue weighted by Gasteiger charge is -2.28. The smallest absolute Gasteiger partial charge is 0.271 e. The van der Waals surface area contributed by atoms with Gasteiger partial charge in [-0.25, -0.2) is 4.98 Å². The molecule has 0 radical (unpaired) electrons. The highest BCUT2D eigenvalue weighted by atomic mass is 32.1. The van der Waals surface area contributed by atoms with Gasteiger partial charge in [-0.2, -0.15) is 0 Å². The Morgan fingerprint density at radius 3 is 2.70 bits per heavy atom. The molecule has 3 rings (SSSR count). The zero-order valence-electron chi connectivity index (χ0n) is 13.2. The summed E-state index contributed by atoms with van der Waals surface area (Å²) in [6.07, 6.45) is 2.09. The third-order valence-corrected chi connectivity index (χ3v) is 5.17. The van der Waals surface area contributed by atoms with Crippen LogP contribution in [0.1, 0.15) is 30.3 Å². The molecule has 2 N–H and O–H groups in total. The summed E-state index contributed by atoms with van der Waals surface area (Å²) in [5.74, 6) is 0.909. The Balaban J connectivity index is 1.74. The van der Waals surface area contributed by atoms with Crippen molar-refractivity contribution in [1.82, 2.24) is 10.3 Å². The first-order valence-electron chi connectivity index (χ1n) is 7.59. The summed E-state index contributed by atoms with van der Waals surface area (Å²) in [5.41, 5.74) is 0.782. The van der Waals surface area contributed by atoms with Crippen molar-refractivity contribution in [2.45, 2.75) is 25.3 Å². The minimum absolute atomic E-state index is 0.0567. The summed E-state index contributed by atoms with van der Waals surface area (Å²) in [7, 11) is 1.62. The highest BCUT2D eigenvalue weighted by molar-refractivity contribution is 7.13. The first-order chi connectivity index (χ1) is 11.1. The van der Waals surface area contributed by atoms with Gasteiger partial charge in [0.15, 0.2) is 0 Å². The Morgan fingerprint density at radius 2 is 2.13 bits per heavy atom. The maximum absolute atomic E-state index is 12.4. The molecule has 1 aliphatic rings. The monoisotopic (exact) mass is 332 g/mol. The number of nitrogens with zero attached hydrogens (tertiary/aromatic N) is 1. The number of amides is 1. The van der Waals surface area contributed by atoms with Crippen molar-refractivity contribution >= 4 is 17.2 Å². The highest BCUT2D eigenvalue weighted by Crippen LogP contribution is 2.39. The van der Waals surface area contributed by atoms with Crippen LogP contribution in [0.3, 0.4) is 0 Å². The van der Waals surface area contributed by atoms with Crippen LogP contribution in [0.25, 0.3) is 10.6 Å². The second-order valence-electron chi connectivity index (χ2n) is 6.07. The summed E-state index contributed by atoms with van der Waals surface area (Å²) in [4.78, 5) is 16.8. The lowest BCUT2D eigenvalue weighted by molar-refractivity contribution is 0.0820. The molecule has 0 saturated heterocycles. The van der Waals surface area contributed by atoms with Crippen molar-refractivity contribution in [1.29, 1.82) is 0 Å². The fourth-order valence-corrected chi connectivity index (χ4v) is 3.36. The number of methoxy groups -OCH3 is 1. The lowest BCUT2D eigenvalue weighted by atomic mass is 9.97. The van der Waals surface area contributed by atoms with E-state index in [2.05, 4.69) is 10.3 Å². The molecule has 1 aromatic carbocycles. The van der Waals surface area contributed by atoms with Crippen LogP contribution in [0, 0.1) is 5.92 Å². The Labute approximate surface area is 139 Å². The predicted molar refractivity (Wildman–Crippen MR) is 89.8 cm³/mol. The number of carbonyl (C=O) groups is 1. The summed E-state index contributed by atoms with van der Waals surface area (Å²) in [6.45, 7) is 1.83. The minimum Gasteiger partial charge on any atom is -0.497 e. The molecule has 1 saturated carbocycles. The van der Waals surface area contributed by atoms with E-state index >= 15 is 0 Å². The fraction of sp³-hybridized carbons (Fsp3) is 0.412. The topological polar surface area (TPSA) is 71.5 Å². The summed E-state index contributed by atoms with van der Waals surface area (Å²) >= 11 is 1.43. The number of carbonyl (C=O) groups excluding carboxylic acids is 1. The minimum atomic E-state index is -0.555. The molecule has 0 spiro atoms. The van der Waals surface area contributed by atoms with Crippen LogP contribution in [-0.4, -0.2) is 35.3 Å². The van der Waals surface area contributed by atoms with Gasteiger partial charge in [0.05, 0.1) is 19.3 Å². The molecule has 5 nitrogen and oxygen atoms in total. The Morgan fingerprint density at radius 1 is 1.43 bits per heavy atom. The molecule has 6 heteroatoms. The summed E-state index contributed by atoms with van der Waals surface area (Å²) < 4.78 is 5.14. The van der Waals surface area contributed by atoms with Crippen molar-refractivity contribution in [2.24, 2.45) is 5.92 Å². The third kappa shape index (κ3) is 3.38. The zero-order valence-corrected chi connectivity index (χ0v) is 14.0. The largest absolute Gasteiger partial charge is 0.497 e. The Kier molecular flexibility index (Phi) is 4.37. The molecular weight excluding hydrogens is 312 g/mol. The van der Waals surface area contributed by atoms with E-state index in [9.17, 15) is 9.90 Å². The summed E-state index contributed by atoms with van der Waals surface area (Å²) in [5, 5.41) is 15.1. The second-order valence-corrected chi connectivity index (χ2v) is 6.93. The average Bonchev–Trinajstić information content (AvgIpc) is 3.32. The van der Waals surface area contributed by atoms with Crippen molar-refractivity contribution in [3.8, 4) is 16.3 Å². The first kappa shape index (κ1) is 16.0. The van der Waals surface area contributed by atoms with Crippen molar-refractivity contribution < 1.29 is 14.6 Å². The van der Waals surface area contributed by atoms with Crippen molar-refractivity contribution in [3.05, 3.63) is 35.3 Å².